The topological polar surface area (TPSA) is 16.4 Å². The number of anilines is 3. The first-order valence-corrected chi connectivity index (χ1v) is 19.8. The van der Waals surface area contributed by atoms with Gasteiger partial charge in [0.2, 0.25) is 0 Å². The molecule has 1 aromatic heterocycles. The van der Waals surface area contributed by atoms with Gasteiger partial charge in [0.1, 0.15) is 11.2 Å². The van der Waals surface area contributed by atoms with Crippen LogP contribution < -0.4 is 4.90 Å². The summed E-state index contributed by atoms with van der Waals surface area (Å²) in [6.07, 6.45) is 0. The molecule has 1 heterocycles. The van der Waals surface area contributed by atoms with Crippen LogP contribution in [0, 0.1) is 0 Å². The summed E-state index contributed by atoms with van der Waals surface area (Å²) >= 11 is 0. The summed E-state index contributed by atoms with van der Waals surface area (Å²) in [6.45, 7) is 4.77. The number of benzene rings is 9. The third-order valence-corrected chi connectivity index (χ3v) is 12.0. The maximum atomic E-state index is 6.42. The van der Waals surface area contributed by atoms with Crippen LogP contribution in [-0.4, -0.2) is 0 Å². The summed E-state index contributed by atoms with van der Waals surface area (Å²) in [7, 11) is 0. The molecule has 0 spiro atoms. The van der Waals surface area contributed by atoms with E-state index in [0.717, 1.165) is 38.9 Å². The Bertz CT molecular complexity index is 3100. The molecule has 1 aliphatic carbocycles. The first kappa shape index (κ1) is 33.2. The molecule has 0 fully saturated rings. The minimum Gasteiger partial charge on any atom is -0.456 e. The standard InChI is InChI=1S/C55H39NO/c1-55(2)47-30-11-9-24-44(47)45-29-16-31-48(53(45)55)56(54-42(36-17-5-3-6-18-36)27-15-28-43(54)37-19-7-4-8-20-37)40-23-13-22-39(35-40)41-26-14-21-38-33-34-50-52(51(38)41)46-25-10-12-32-49(46)57-50/h3-35H,1-2H3. The largest absolute Gasteiger partial charge is 0.456 e. The molecule has 270 valence electrons. The maximum Gasteiger partial charge on any atom is 0.136 e. The van der Waals surface area contributed by atoms with Gasteiger partial charge in [-0.25, -0.2) is 0 Å². The third kappa shape index (κ3) is 5.18. The highest BCUT2D eigenvalue weighted by atomic mass is 16.3. The van der Waals surface area contributed by atoms with Gasteiger partial charge in [0.25, 0.3) is 0 Å². The van der Waals surface area contributed by atoms with Crippen molar-refractivity contribution >= 4 is 49.8 Å². The van der Waals surface area contributed by atoms with Crippen LogP contribution in [0.15, 0.2) is 205 Å². The minimum absolute atomic E-state index is 0.240. The van der Waals surface area contributed by atoms with Crippen LogP contribution in [-0.2, 0) is 5.41 Å². The monoisotopic (exact) mass is 729 g/mol. The van der Waals surface area contributed by atoms with Crippen molar-refractivity contribution in [3.8, 4) is 44.5 Å². The van der Waals surface area contributed by atoms with Gasteiger partial charge in [-0.1, -0.05) is 184 Å². The second kappa shape index (κ2) is 13.0. The van der Waals surface area contributed by atoms with E-state index in [4.69, 9.17) is 4.42 Å². The molecule has 0 atom stereocenters. The molecule has 0 bridgehead atoms. The van der Waals surface area contributed by atoms with E-state index >= 15 is 0 Å². The number of hydrogen-bond acceptors (Lipinski definition) is 2. The molecule has 0 saturated heterocycles. The first-order chi connectivity index (χ1) is 28.1. The average molecular weight is 730 g/mol. The summed E-state index contributed by atoms with van der Waals surface area (Å²) in [5, 5.41) is 4.68. The van der Waals surface area contributed by atoms with E-state index in [-0.39, 0.29) is 5.41 Å². The zero-order chi connectivity index (χ0) is 38.1. The molecule has 11 rings (SSSR count). The highest BCUT2D eigenvalue weighted by Crippen LogP contribution is 2.56. The second-order valence-electron chi connectivity index (χ2n) is 15.6. The van der Waals surface area contributed by atoms with Crippen molar-refractivity contribution in [2.24, 2.45) is 0 Å². The van der Waals surface area contributed by atoms with Crippen molar-refractivity contribution in [2.75, 3.05) is 4.90 Å². The van der Waals surface area contributed by atoms with Crippen molar-refractivity contribution in [2.45, 2.75) is 19.3 Å². The molecule has 0 N–H and O–H groups in total. The summed E-state index contributed by atoms with van der Waals surface area (Å²) in [5.74, 6) is 0. The van der Waals surface area contributed by atoms with Gasteiger partial charge in [-0.2, -0.15) is 0 Å². The minimum atomic E-state index is -0.240. The third-order valence-electron chi connectivity index (χ3n) is 12.0. The lowest BCUT2D eigenvalue weighted by Crippen LogP contribution is -2.21. The van der Waals surface area contributed by atoms with E-state index in [9.17, 15) is 0 Å². The highest BCUT2D eigenvalue weighted by molar-refractivity contribution is 6.23. The predicted octanol–water partition coefficient (Wildman–Crippen LogP) is 15.5. The molecule has 0 unspecified atom stereocenters. The molecule has 0 amide bonds. The van der Waals surface area contributed by atoms with E-state index in [1.165, 1.54) is 66.5 Å². The predicted molar refractivity (Wildman–Crippen MR) is 240 cm³/mol. The molecule has 0 saturated carbocycles. The lowest BCUT2D eigenvalue weighted by Gasteiger charge is -2.35. The molecule has 0 aliphatic heterocycles. The Labute approximate surface area is 332 Å². The van der Waals surface area contributed by atoms with Gasteiger partial charge in [0, 0.05) is 38.4 Å². The Morgan fingerprint density at radius 1 is 0.421 bits per heavy atom. The zero-order valence-electron chi connectivity index (χ0n) is 31.9. The molecule has 9 aromatic carbocycles. The second-order valence-corrected chi connectivity index (χ2v) is 15.6. The molecule has 2 heteroatoms. The van der Waals surface area contributed by atoms with E-state index in [1.807, 2.05) is 6.07 Å². The fourth-order valence-electron chi connectivity index (χ4n) is 9.53. The smallest absolute Gasteiger partial charge is 0.136 e. The SMILES string of the molecule is CC1(C)c2ccccc2-c2cccc(N(c3cccc(-c4cccc5ccc6oc7ccccc7c6c45)c3)c3c(-c4ccccc4)cccc3-c3ccccc3)c21. The molecule has 1 aliphatic rings. The lowest BCUT2D eigenvalue weighted by molar-refractivity contribution is 0.661. The van der Waals surface area contributed by atoms with Crippen LogP contribution in [0.3, 0.4) is 0 Å². The van der Waals surface area contributed by atoms with E-state index in [1.54, 1.807) is 0 Å². The number of fused-ring (bicyclic) bond motifs is 8. The first-order valence-electron chi connectivity index (χ1n) is 19.8. The summed E-state index contributed by atoms with van der Waals surface area (Å²) < 4.78 is 6.42. The molecular formula is C55H39NO. The van der Waals surface area contributed by atoms with Crippen LogP contribution in [0.5, 0.6) is 0 Å². The van der Waals surface area contributed by atoms with Crippen LogP contribution in [0.4, 0.5) is 17.1 Å². The zero-order valence-corrected chi connectivity index (χ0v) is 31.9. The molecule has 0 radical (unpaired) electrons. The quantitative estimate of drug-likeness (QED) is 0.169. The van der Waals surface area contributed by atoms with Crippen LogP contribution in [0.1, 0.15) is 25.0 Å². The van der Waals surface area contributed by atoms with Gasteiger partial charge < -0.3 is 9.32 Å². The summed E-state index contributed by atoms with van der Waals surface area (Å²) in [5.41, 5.74) is 17.3. The average Bonchev–Trinajstić information content (AvgIpc) is 3.77. The summed E-state index contributed by atoms with van der Waals surface area (Å²) in [4.78, 5) is 2.55. The van der Waals surface area contributed by atoms with Gasteiger partial charge in [-0.05, 0) is 80.2 Å². The Kier molecular flexibility index (Phi) is 7.55. The van der Waals surface area contributed by atoms with Crippen molar-refractivity contribution in [3.63, 3.8) is 0 Å². The molecular weight excluding hydrogens is 691 g/mol. The van der Waals surface area contributed by atoms with Crippen LogP contribution >= 0.6 is 0 Å². The van der Waals surface area contributed by atoms with Crippen LogP contribution in [0.2, 0.25) is 0 Å². The number of furan rings is 1. The Morgan fingerprint density at radius 3 is 1.81 bits per heavy atom. The van der Waals surface area contributed by atoms with Gasteiger partial charge in [-0.15, -0.1) is 0 Å². The summed E-state index contributed by atoms with van der Waals surface area (Å²) in [6, 6.07) is 72.7. The van der Waals surface area contributed by atoms with E-state index in [2.05, 4.69) is 213 Å². The number of para-hydroxylation sites is 2. The maximum absolute atomic E-state index is 6.42. The molecule has 2 nitrogen and oxygen atoms in total. The van der Waals surface area contributed by atoms with Crippen molar-refractivity contribution in [1.29, 1.82) is 0 Å². The lowest BCUT2D eigenvalue weighted by atomic mass is 9.81. The Hall–Kier alpha value is -7.16. The van der Waals surface area contributed by atoms with E-state index < -0.39 is 0 Å². The molecule has 57 heavy (non-hydrogen) atoms. The Balaban J connectivity index is 1.23. The highest BCUT2D eigenvalue weighted by Gasteiger charge is 2.39. The van der Waals surface area contributed by atoms with Gasteiger partial charge in [-0.3, -0.25) is 0 Å². The normalized spacial score (nSPS) is 12.9. The molecule has 10 aromatic rings. The fraction of sp³-hybridized carbons (Fsp3) is 0.0545. The van der Waals surface area contributed by atoms with Gasteiger partial charge in [0.05, 0.1) is 11.4 Å². The number of hydrogen-bond donors (Lipinski definition) is 0. The van der Waals surface area contributed by atoms with Crippen molar-refractivity contribution in [3.05, 3.63) is 211 Å². The van der Waals surface area contributed by atoms with Gasteiger partial charge >= 0.3 is 0 Å². The van der Waals surface area contributed by atoms with E-state index in [0.29, 0.717) is 0 Å². The fourth-order valence-corrected chi connectivity index (χ4v) is 9.53. The van der Waals surface area contributed by atoms with Gasteiger partial charge in [0.15, 0.2) is 0 Å². The van der Waals surface area contributed by atoms with Crippen molar-refractivity contribution < 1.29 is 4.42 Å². The van der Waals surface area contributed by atoms with Crippen LogP contribution in [0.25, 0.3) is 77.2 Å². The number of rotatable bonds is 6. The Morgan fingerprint density at radius 2 is 1.02 bits per heavy atom. The number of nitrogens with zero attached hydrogens (tertiary/aromatic N) is 1. The van der Waals surface area contributed by atoms with Crippen molar-refractivity contribution in [1.82, 2.24) is 0 Å².